The Balaban J connectivity index is 0.000000170. The molecule has 0 radical (unpaired) electrons. The van der Waals surface area contributed by atoms with Gasteiger partial charge >= 0.3 is 0 Å². The van der Waals surface area contributed by atoms with Crippen LogP contribution in [-0.2, 0) is 37.2 Å². The number of aryl methyl sites for hydroxylation is 2. The molecule has 0 bridgehead atoms. The second-order valence-corrected chi connectivity index (χ2v) is 36.4. The summed E-state index contributed by atoms with van der Waals surface area (Å²) in [6.07, 6.45) is 17.6. The molecule has 11 nitrogen and oxygen atoms in total. The van der Waals surface area contributed by atoms with E-state index in [0.29, 0.717) is 33.9 Å². The van der Waals surface area contributed by atoms with Crippen LogP contribution in [0.5, 0.6) is 0 Å². The summed E-state index contributed by atoms with van der Waals surface area (Å²) in [6.45, 7) is 54.5. The van der Waals surface area contributed by atoms with Crippen LogP contribution >= 0.6 is 11.3 Å². The number of benzene rings is 3. The van der Waals surface area contributed by atoms with E-state index < -0.39 is 6.43 Å². The molecule has 15 heteroatoms. The van der Waals surface area contributed by atoms with Crippen LogP contribution < -0.4 is 5.73 Å². The summed E-state index contributed by atoms with van der Waals surface area (Å²) in [5.41, 5.74) is 26.1. The molecule has 1 atom stereocenters. The number of nitriles is 2. The van der Waals surface area contributed by atoms with E-state index in [2.05, 4.69) is 204 Å². The Morgan fingerprint density at radius 1 is 0.567 bits per heavy atom. The van der Waals surface area contributed by atoms with Gasteiger partial charge in [0.1, 0.15) is 24.2 Å². The second kappa shape index (κ2) is 34.0. The maximum Gasteiger partial charge on any atom is 0.265 e. The Kier molecular flexibility index (Phi) is 27.2. The number of para-hydroxylation sites is 2. The highest BCUT2D eigenvalue weighted by Gasteiger charge is 2.35. The number of alkyl halides is 2. The summed E-state index contributed by atoms with van der Waals surface area (Å²) in [5, 5.41) is 24.4. The lowest BCUT2D eigenvalue weighted by atomic mass is 9.82. The summed E-state index contributed by atoms with van der Waals surface area (Å²) >= 11 is 1.81. The summed E-state index contributed by atoms with van der Waals surface area (Å²) in [6, 6.07) is 28.1. The van der Waals surface area contributed by atoms with Crippen molar-refractivity contribution in [2.45, 2.75) is 280 Å². The van der Waals surface area contributed by atoms with Crippen LogP contribution in [-0.4, -0.2) is 41.3 Å². The lowest BCUT2D eigenvalue weighted by Gasteiger charge is -2.29. The van der Waals surface area contributed by atoms with E-state index in [1.54, 1.807) is 24.5 Å². The van der Waals surface area contributed by atoms with Gasteiger partial charge < -0.3 is 10.5 Å². The van der Waals surface area contributed by atoms with Gasteiger partial charge in [-0.1, -0.05) is 194 Å². The Morgan fingerprint density at radius 3 is 1.62 bits per heavy atom. The number of fused-ring (bicyclic) bond motifs is 2. The topological polar surface area (TPSA) is 165 Å². The fourth-order valence-corrected chi connectivity index (χ4v) is 14.2. The van der Waals surface area contributed by atoms with Gasteiger partial charge in [-0.3, -0.25) is 19.9 Å². The summed E-state index contributed by atoms with van der Waals surface area (Å²) < 4.78 is 46.6. The lowest BCUT2D eigenvalue weighted by molar-refractivity contribution is -0.0424. The average molecular weight is 1430 g/mol. The molecule has 3 aliphatic carbocycles. The van der Waals surface area contributed by atoms with Gasteiger partial charge in [-0.05, 0) is 185 Å². The smallest absolute Gasteiger partial charge is 0.265 e. The van der Waals surface area contributed by atoms with E-state index in [0.717, 1.165) is 57.6 Å². The van der Waals surface area contributed by atoms with Crippen molar-refractivity contribution >= 4 is 44.4 Å². The fourth-order valence-electron chi connectivity index (χ4n) is 13.2. The minimum absolute atomic E-state index is 0.0381. The number of hydrogen-bond acceptors (Lipinski definition) is 11. The monoisotopic (exact) mass is 1430 g/mol. The second-order valence-electron chi connectivity index (χ2n) is 35.6. The first-order chi connectivity index (χ1) is 48.4. The number of hydrogen-bond donors (Lipinski definition) is 1. The number of pyridine rings is 4. The molecule has 3 saturated carbocycles. The number of ether oxygens (including phenoxy) is 1. The zero-order valence-electron chi connectivity index (χ0n) is 66.7. The summed E-state index contributed by atoms with van der Waals surface area (Å²) in [5.74, 6) is 1.94. The van der Waals surface area contributed by atoms with Crippen LogP contribution in [0.2, 0.25) is 0 Å². The Bertz CT molecular complexity index is 4450. The van der Waals surface area contributed by atoms with Crippen molar-refractivity contribution in [2.75, 3.05) is 12.3 Å². The highest BCUT2D eigenvalue weighted by atomic mass is 32.1. The first kappa shape index (κ1) is 83.2. The lowest BCUT2D eigenvalue weighted by Crippen LogP contribution is -2.26. The van der Waals surface area contributed by atoms with Crippen LogP contribution in [0, 0.1) is 47.7 Å². The van der Waals surface area contributed by atoms with Crippen LogP contribution in [0.15, 0.2) is 122 Å². The minimum Gasteiger partial charge on any atom is -0.397 e. The molecule has 0 amide bonds. The van der Waals surface area contributed by atoms with E-state index in [4.69, 9.17) is 21.0 Å². The van der Waals surface area contributed by atoms with Gasteiger partial charge in [0, 0.05) is 86.7 Å². The molecule has 104 heavy (non-hydrogen) atoms. The van der Waals surface area contributed by atoms with Gasteiger partial charge in [0.25, 0.3) is 6.43 Å². The molecule has 2 N–H and O–H groups in total. The Labute approximate surface area is 624 Å². The summed E-state index contributed by atoms with van der Waals surface area (Å²) in [7, 11) is 0. The summed E-state index contributed by atoms with van der Waals surface area (Å²) in [4.78, 5) is 23.4. The number of halogens is 3. The van der Waals surface area contributed by atoms with Crippen molar-refractivity contribution in [3.05, 3.63) is 211 Å². The predicted molar refractivity (Wildman–Crippen MR) is 426 cm³/mol. The third kappa shape index (κ3) is 22.7. The zero-order chi connectivity index (χ0) is 77.2. The van der Waals surface area contributed by atoms with E-state index in [1.165, 1.54) is 125 Å². The standard InChI is InChI=1S/C15H16N2.C14H15F2N.C13H22N2O.C13H16N2.C12H15F.C12H18N2.C10H15NS/c1-10-9-17-14-11(8-16)6-5-7-12(14)13(10)15(2,3)4;1-14(2,3)12-9-6-4-5-7-11(9)17-8-10(12)13(15)16;1-10-9-14-15(12(10)13(2,3)4)11-7-5-6-8-16-11;1-13(2,3)11-6-9(7-14)8-15-12(11)10-4-5-10;1-9(12(2,3)4)10-5-7-11(13)8-6-10;1-12(2,3)10-6-9(13)7-14-11(10)8-4-5-8;1-10(2,3)9-8(7-4-5-7)11-6-12-9/h5-7,9H,1-4H3;4-8,13H,1-3H3;9,11H,5-8H2,1-4H3;6,8,10H,4-5H2,1-3H3;5-8H,1H2,2-4H3;6-8H,4-5,13H2,1-3H3;6-7H,4-5H2,1-3H3. The third-order valence-corrected chi connectivity index (χ3v) is 20.0. The fraction of sp³-hybridized carbons (Fsp3) is 0.506. The Hall–Kier alpha value is -8.11. The van der Waals surface area contributed by atoms with Gasteiger partial charge in [0.2, 0.25) is 0 Å². The number of rotatable bonds is 6. The molecule has 1 aliphatic heterocycles. The van der Waals surface area contributed by atoms with Crippen LogP contribution in [0.3, 0.4) is 0 Å². The van der Waals surface area contributed by atoms with Gasteiger partial charge in [0.15, 0.2) is 0 Å². The minimum atomic E-state index is -2.48. The van der Waals surface area contributed by atoms with Gasteiger partial charge in [-0.25, -0.2) is 22.8 Å². The molecule has 4 aliphatic rings. The number of thiazole rings is 1. The molecule has 6 aromatic heterocycles. The van der Waals surface area contributed by atoms with E-state index in [1.807, 2.05) is 92.5 Å². The normalized spacial score (nSPS) is 15.5. The van der Waals surface area contributed by atoms with Gasteiger partial charge in [0.05, 0.1) is 51.4 Å². The van der Waals surface area contributed by atoms with Crippen molar-refractivity contribution in [3.63, 3.8) is 0 Å². The van der Waals surface area contributed by atoms with Crippen LogP contribution in [0.1, 0.15) is 317 Å². The molecule has 556 valence electrons. The molecule has 13 rings (SSSR count). The predicted octanol–water partition coefficient (Wildman–Crippen LogP) is 24.5. The van der Waals surface area contributed by atoms with Crippen LogP contribution in [0.4, 0.5) is 18.9 Å². The highest BCUT2D eigenvalue weighted by Crippen LogP contribution is 2.47. The number of nitrogens with two attached hydrogens (primary N) is 1. The quantitative estimate of drug-likeness (QED) is 0.169. The average Bonchev–Trinajstić information content (AvgIpc) is 1.37. The molecule has 3 aromatic carbocycles. The maximum absolute atomic E-state index is 13.0. The first-order valence-corrected chi connectivity index (χ1v) is 37.9. The SMILES string of the molecule is C=C(c1ccc(F)cc1)C(C)(C)C.CC(C)(C)c1c(C(F)F)cnc2ccccc12.CC(C)(C)c1cc(C#N)cnc1C1CC1.CC(C)(C)c1cc(N)cnc1C1CC1.CC(C)(C)c1scnc1C1CC1.Cc1cnc2c(C#N)cccc2c1C(C)(C)C.Cc1cnn(C2CCCCO2)c1C(C)(C)C. The molecule has 1 saturated heterocycles. The number of nitrogens with zero attached hydrogens (tertiary/aromatic N) is 9. The van der Waals surface area contributed by atoms with Crippen LogP contribution in [0.25, 0.3) is 27.4 Å². The molecule has 4 fully saturated rings. The van der Waals surface area contributed by atoms with Crippen molar-refractivity contribution in [1.29, 1.82) is 10.5 Å². The first-order valence-electron chi connectivity index (χ1n) is 37.0. The van der Waals surface area contributed by atoms with E-state index in [9.17, 15) is 13.2 Å². The number of allylic oxidation sites excluding steroid dienone is 1. The van der Waals surface area contributed by atoms with E-state index in [-0.39, 0.29) is 50.1 Å². The molecule has 0 spiro atoms. The van der Waals surface area contributed by atoms with E-state index >= 15 is 0 Å². The number of nitrogen functional groups attached to an aromatic ring is 1. The molecule has 7 heterocycles. The molecule has 9 aromatic rings. The molecular formula is C89H117F3N10OS. The maximum atomic E-state index is 13.0. The third-order valence-electron chi connectivity index (χ3n) is 18.7. The largest absolute Gasteiger partial charge is 0.397 e. The van der Waals surface area contributed by atoms with Crippen molar-refractivity contribution in [1.82, 2.24) is 34.7 Å². The molecule has 1 unspecified atom stereocenters. The highest BCUT2D eigenvalue weighted by molar-refractivity contribution is 7.10. The zero-order valence-corrected chi connectivity index (χ0v) is 67.5. The number of anilines is 1. The Morgan fingerprint density at radius 2 is 1.12 bits per heavy atom. The van der Waals surface area contributed by atoms with Gasteiger partial charge in [-0.2, -0.15) is 15.6 Å². The van der Waals surface area contributed by atoms with Crippen molar-refractivity contribution in [3.8, 4) is 12.1 Å². The molecular weight excluding hydrogens is 1310 g/mol. The van der Waals surface area contributed by atoms with Crippen molar-refractivity contribution in [2.24, 2.45) is 5.41 Å². The van der Waals surface area contributed by atoms with Crippen molar-refractivity contribution < 1.29 is 17.9 Å². The number of aromatic nitrogens is 7. The van der Waals surface area contributed by atoms with Gasteiger partial charge in [-0.15, -0.1) is 11.3 Å².